The molecule has 6 heteroatoms. The Labute approximate surface area is 116 Å². The summed E-state index contributed by atoms with van der Waals surface area (Å²) in [5.74, 6) is -0.289. The number of hydrogen-bond donors (Lipinski definition) is 2. The Bertz CT molecular complexity index is 478. The quantitative estimate of drug-likeness (QED) is 0.894. The molecule has 1 aromatic rings. The molecular formula is C14H19F3N2O. The number of benzene rings is 1. The van der Waals surface area contributed by atoms with Gasteiger partial charge in [-0.15, -0.1) is 0 Å². The van der Waals surface area contributed by atoms with Crippen LogP contribution >= 0.6 is 0 Å². The van der Waals surface area contributed by atoms with Gasteiger partial charge in [0.05, 0.1) is 11.6 Å². The first-order valence-corrected chi connectivity index (χ1v) is 6.24. The molecule has 20 heavy (non-hydrogen) atoms. The van der Waals surface area contributed by atoms with Gasteiger partial charge in [-0.3, -0.25) is 4.79 Å². The van der Waals surface area contributed by atoms with E-state index in [2.05, 4.69) is 5.32 Å². The molecule has 3 N–H and O–H groups in total. The van der Waals surface area contributed by atoms with Crippen LogP contribution in [0.3, 0.4) is 0 Å². The molecule has 0 radical (unpaired) electrons. The van der Waals surface area contributed by atoms with Gasteiger partial charge >= 0.3 is 6.18 Å². The molecule has 112 valence electrons. The molecule has 1 rings (SSSR count). The molecule has 0 aliphatic rings. The van der Waals surface area contributed by atoms with E-state index in [-0.39, 0.29) is 12.3 Å². The van der Waals surface area contributed by atoms with Crippen molar-refractivity contribution < 1.29 is 18.0 Å². The van der Waals surface area contributed by atoms with Crippen molar-refractivity contribution in [2.45, 2.75) is 44.9 Å². The highest BCUT2D eigenvalue weighted by atomic mass is 19.4. The largest absolute Gasteiger partial charge is 0.416 e. The van der Waals surface area contributed by atoms with Crippen molar-refractivity contribution in [3.63, 3.8) is 0 Å². The van der Waals surface area contributed by atoms with E-state index in [9.17, 15) is 18.0 Å². The zero-order valence-electron chi connectivity index (χ0n) is 11.7. The Hall–Kier alpha value is -1.56. The third-order valence-electron chi connectivity index (χ3n) is 2.71. The zero-order valence-corrected chi connectivity index (χ0v) is 11.7. The Morgan fingerprint density at radius 1 is 1.35 bits per heavy atom. The number of nitrogens with one attached hydrogen (secondary N) is 1. The summed E-state index contributed by atoms with van der Waals surface area (Å²) in [5, 5.41) is 2.65. The monoisotopic (exact) mass is 288 g/mol. The molecule has 1 atom stereocenters. The van der Waals surface area contributed by atoms with Crippen LogP contribution in [0.15, 0.2) is 24.3 Å². The molecular weight excluding hydrogens is 269 g/mol. The van der Waals surface area contributed by atoms with Crippen molar-refractivity contribution in [3.05, 3.63) is 35.4 Å². The Morgan fingerprint density at radius 3 is 2.45 bits per heavy atom. The molecule has 0 aromatic heterocycles. The summed E-state index contributed by atoms with van der Waals surface area (Å²) < 4.78 is 37.8. The van der Waals surface area contributed by atoms with Crippen LogP contribution in [0.25, 0.3) is 0 Å². The van der Waals surface area contributed by atoms with Crippen molar-refractivity contribution in [2.24, 2.45) is 5.73 Å². The third-order valence-corrected chi connectivity index (χ3v) is 2.71. The van der Waals surface area contributed by atoms with Gasteiger partial charge in [-0.05, 0) is 38.5 Å². The predicted molar refractivity (Wildman–Crippen MR) is 70.9 cm³/mol. The standard InChI is InChI=1S/C14H19F3N2O/c1-9(19-12(20)8-13(2,3)18)10-5-4-6-11(7-10)14(15,16)17/h4-7,9H,8,18H2,1-3H3,(H,19,20). The van der Waals surface area contributed by atoms with Crippen LogP contribution in [0, 0.1) is 0 Å². The van der Waals surface area contributed by atoms with Gasteiger partial charge in [0.25, 0.3) is 0 Å². The number of alkyl halides is 3. The molecule has 0 saturated heterocycles. The first kappa shape index (κ1) is 16.5. The fourth-order valence-electron chi connectivity index (χ4n) is 1.77. The van der Waals surface area contributed by atoms with Crippen LogP contribution in [0.1, 0.15) is 44.4 Å². The third kappa shape index (κ3) is 5.21. The molecule has 0 bridgehead atoms. The fourth-order valence-corrected chi connectivity index (χ4v) is 1.77. The lowest BCUT2D eigenvalue weighted by molar-refractivity contribution is -0.137. The van der Waals surface area contributed by atoms with Crippen molar-refractivity contribution in [3.8, 4) is 0 Å². The van der Waals surface area contributed by atoms with E-state index in [1.807, 2.05) is 0 Å². The molecule has 1 aromatic carbocycles. The Kier molecular flexibility index (Phi) is 4.81. The highest BCUT2D eigenvalue weighted by Crippen LogP contribution is 2.30. The number of carbonyl (C=O) groups excluding carboxylic acids is 1. The average Bonchev–Trinajstić information content (AvgIpc) is 2.25. The fraction of sp³-hybridized carbons (Fsp3) is 0.500. The Balaban J connectivity index is 2.78. The predicted octanol–water partition coefficient (Wildman–Crippen LogP) is 3.01. The van der Waals surface area contributed by atoms with Crippen LogP contribution in [-0.2, 0) is 11.0 Å². The van der Waals surface area contributed by atoms with E-state index in [1.165, 1.54) is 6.07 Å². The topological polar surface area (TPSA) is 55.1 Å². The van der Waals surface area contributed by atoms with Gasteiger partial charge < -0.3 is 11.1 Å². The van der Waals surface area contributed by atoms with Crippen molar-refractivity contribution in [1.82, 2.24) is 5.32 Å². The molecule has 0 aliphatic heterocycles. The molecule has 0 spiro atoms. The molecule has 0 saturated carbocycles. The summed E-state index contributed by atoms with van der Waals surface area (Å²) in [6, 6.07) is 4.41. The summed E-state index contributed by atoms with van der Waals surface area (Å²) in [6.45, 7) is 5.06. The van der Waals surface area contributed by atoms with Crippen LogP contribution < -0.4 is 11.1 Å². The van der Waals surface area contributed by atoms with E-state index in [0.29, 0.717) is 5.56 Å². The van der Waals surface area contributed by atoms with Gasteiger partial charge in [0.15, 0.2) is 0 Å². The number of nitrogens with two attached hydrogens (primary N) is 1. The normalized spacial score (nSPS) is 13.9. The molecule has 1 unspecified atom stereocenters. The van der Waals surface area contributed by atoms with Gasteiger partial charge in [-0.25, -0.2) is 0 Å². The highest BCUT2D eigenvalue weighted by molar-refractivity contribution is 5.77. The smallest absolute Gasteiger partial charge is 0.350 e. The minimum Gasteiger partial charge on any atom is -0.350 e. The van der Waals surface area contributed by atoms with E-state index in [0.717, 1.165) is 12.1 Å². The average molecular weight is 288 g/mol. The lowest BCUT2D eigenvalue weighted by Gasteiger charge is -2.21. The molecule has 0 heterocycles. The summed E-state index contributed by atoms with van der Waals surface area (Å²) in [5.41, 5.74) is 4.75. The second-order valence-electron chi connectivity index (χ2n) is 5.58. The van der Waals surface area contributed by atoms with E-state index >= 15 is 0 Å². The summed E-state index contributed by atoms with van der Waals surface area (Å²) >= 11 is 0. The number of hydrogen-bond acceptors (Lipinski definition) is 2. The molecule has 3 nitrogen and oxygen atoms in total. The van der Waals surface area contributed by atoms with E-state index < -0.39 is 23.3 Å². The lowest BCUT2D eigenvalue weighted by Crippen LogP contribution is -2.39. The van der Waals surface area contributed by atoms with Gasteiger partial charge in [0.1, 0.15) is 0 Å². The summed E-state index contributed by atoms with van der Waals surface area (Å²) in [4.78, 5) is 11.7. The Morgan fingerprint density at radius 2 is 1.95 bits per heavy atom. The van der Waals surface area contributed by atoms with E-state index in [4.69, 9.17) is 5.73 Å². The number of halogens is 3. The number of carbonyl (C=O) groups is 1. The van der Waals surface area contributed by atoms with Crippen molar-refractivity contribution >= 4 is 5.91 Å². The second kappa shape index (κ2) is 5.83. The first-order chi connectivity index (χ1) is 8.99. The number of rotatable bonds is 4. The first-order valence-electron chi connectivity index (χ1n) is 6.24. The zero-order chi connectivity index (χ0) is 15.6. The van der Waals surface area contributed by atoms with E-state index in [1.54, 1.807) is 26.8 Å². The van der Waals surface area contributed by atoms with Crippen molar-refractivity contribution in [2.75, 3.05) is 0 Å². The van der Waals surface area contributed by atoms with Crippen molar-refractivity contribution in [1.29, 1.82) is 0 Å². The number of amides is 1. The highest BCUT2D eigenvalue weighted by Gasteiger charge is 2.30. The SMILES string of the molecule is CC(NC(=O)CC(C)(C)N)c1cccc(C(F)(F)F)c1. The van der Waals surface area contributed by atoms with Crippen LogP contribution in [0.4, 0.5) is 13.2 Å². The van der Waals surface area contributed by atoms with Crippen LogP contribution in [-0.4, -0.2) is 11.4 Å². The minimum absolute atomic E-state index is 0.107. The van der Waals surface area contributed by atoms with Gasteiger partial charge in [0.2, 0.25) is 5.91 Å². The van der Waals surface area contributed by atoms with Gasteiger partial charge in [-0.2, -0.15) is 13.2 Å². The maximum absolute atomic E-state index is 12.6. The minimum atomic E-state index is -4.39. The summed E-state index contributed by atoms with van der Waals surface area (Å²) in [7, 11) is 0. The summed E-state index contributed by atoms with van der Waals surface area (Å²) in [6.07, 6.45) is -4.28. The van der Waals surface area contributed by atoms with Gasteiger partial charge in [-0.1, -0.05) is 12.1 Å². The molecule has 1 amide bonds. The molecule has 0 aliphatic carbocycles. The van der Waals surface area contributed by atoms with Crippen LogP contribution in [0.2, 0.25) is 0 Å². The molecule has 0 fully saturated rings. The second-order valence-corrected chi connectivity index (χ2v) is 5.58. The lowest BCUT2D eigenvalue weighted by atomic mass is 10.0. The van der Waals surface area contributed by atoms with Crippen LogP contribution in [0.5, 0.6) is 0 Å². The maximum atomic E-state index is 12.6. The van der Waals surface area contributed by atoms with Gasteiger partial charge in [0, 0.05) is 12.0 Å². The maximum Gasteiger partial charge on any atom is 0.416 e.